The fourth-order valence-electron chi connectivity index (χ4n) is 1.91. The summed E-state index contributed by atoms with van der Waals surface area (Å²) >= 11 is 0. The topological polar surface area (TPSA) is 63.5 Å². The molecule has 5 heteroatoms. The molecular formula is C15H22N2O3. The fraction of sp³-hybridized carbons (Fsp3) is 0.533. The van der Waals surface area contributed by atoms with E-state index in [-0.39, 0.29) is 0 Å². The van der Waals surface area contributed by atoms with E-state index in [2.05, 4.69) is 11.4 Å². The molecule has 1 aromatic rings. The van der Waals surface area contributed by atoms with Crippen LogP contribution < -0.4 is 19.5 Å². The van der Waals surface area contributed by atoms with Crippen LogP contribution in [0.3, 0.4) is 0 Å². The van der Waals surface area contributed by atoms with E-state index < -0.39 is 0 Å². The number of nitriles is 1. The Labute approximate surface area is 120 Å². The van der Waals surface area contributed by atoms with Crippen LogP contribution in [0.5, 0.6) is 17.2 Å². The van der Waals surface area contributed by atoms with Gasteiger partial charge in [0.25, 0.3) is 0 Å². The van der Waals surface area contributed by atoms with Crippen molar-refractivity contribution in [2.75, 3.05) is 27.9 Å². The molecule has 0 spiro atoms. The lowest BCUT2D eigenvalue weighted by Crippen LogP contribution is -2.15. The Bertz CT molecular complexity index is 455. The van der Waals surface area contributed by atoms with Crippen molar-refractivity contribution in [1.82, 2.24) is 5.32 Å². The number of hydrogen-bond donors (Lipinski definition) is 1. The largest absolute Gasteiger partial charge is 0.496 e. The number of rotatable bonds is 9. The maximum absolute atomic E-state index is 8.46. The highest BCUT2D eigenvalue weighted by molar-refractivity contribution is 5.50. The standard InChI is InChI=1S/C15H22N2O3/c1-18-13-10-15(20-3)14(19-2)9-12(13)11-17-8-6-4-5-7-16/h9-10,17H,4-6,8,11H2,1-3H3. The Morgan fingerprint density at radius 2 is 1.65 bits per heavy atom. The van der Waals surface area contributed by atoms with Gasteiger partial charge in [-0.3, -0.25) is 0 Å². The molecule has 0 heterocycles. The van der Waals surface area contributed by atoms with Crippen molar-refractivity contribution >= 4 is 0 Å². The molecule has 0 amide bonds. The van der Waals surface area contributed by atoms with Crippen LogP contribution in [0, 0.1) is 11.3 Å². The molecule has 20 heavy (non-hydrogen) atoms. The zero-order valence-electron chi connectivity index (χ0n) is 12.4. The predicted octanol–water partition coefficient (Wildman–Crippen LogP) is 2.50. The van der Waals surface area contributed by atoms with E-state index in [1.807, 2.05) is 12.1 Å². The minimum absolute atomic E-state index is 0.612. The molecular weight excluding hydrogens is 256 g/mol. The van der Waals surface area contributed by atoms with E-state index in [0.717, 1.165) is 30.7 Å². The van der Waals surface area contributed by atoms with Crippen LogP contribution in [0.2, 0.25) is 0 Å². The van der Waals surface area contributed by atoms with Crippen molar-refractivity contribution in [2.45, 2.75) is 25.8 Å². The molecule has 1 N–H and O–H groups in total. The smallest absolute Gasteiger partial charge is 0.164 e. The minimum atomic E-state index is 0.612. The summed E-state index contributed by atoms with van der Waals surface area (Å²) < 4.78 is 15.9. The zero-order valence-corrected chi connectivity index (χ0v) is 12.4. The molecule has 0 atom stereocenters. The number of ether oxygens (including phenoxy) is 3. The van der Waals surface area contributed by atoms with Crippen LogP contribution in [0.15, 0.2) is 12.1 Å². The lowest BCUT2D eigenvalue weighted by molar-refractivity contribution is 0.347. The Morgan fingerprint density at radius 3 is 2.25 bits per heavy atom. The summed E-state index contributed by atoms with van der Waals surface area (Å²) in [5.41, 5.74) is 1.02. The third kappa shape index (κ3) is 4.63. The van der Waals surface area contributed by atoms with Crippen LogP contribution in [0.4, 0.5) is 0 Å². The van der Waals surface area contributed by atoms with Crippen LogP contribution in [-0.2, 0) is 6.54 Å². The molecule has 0 aliphatic rings. The van der Waals surface area contributed by atoms with Gasteiger partial charge in [0.15, 0.2) is 11.5 Å². The third-order valence-corrected chi connectivity index (χ3v) is 2.99. The van der Waals surface area contributed by atoms with Crippen molar-refractivity contribution in [3.63, 3.8) is 0 Å². The first-order chi connectivity index (χ1) is 9.76. The van der Waals surface area contributed by atoms with E-state index in [9.17, 15) is 0 Å². The Kier molecular flexibility index (Phi) is 7.30. The summed E-state index contributed by atoms with van der Waals surface area (Å²) in [6.45, 7) is 1.56. The van der Waals surface area contributed by atoms with E-state index in [1.54, 1.807) is 21.3 Å². The number of nitrogens with zero attached hydrogens (tertiary/aromatic N) is 1. The molecule has 1 rings (SSSR count). The first kappa shape index (κ1) is 16.1. The van der Waals surface area contributed by atoms with Crippen molar-refractivity contribution in [2.24, 2.45) is 0 Å². The summed E-state index contributed by atoms with van der Waals surface area (Å²) in [5.74, 6) is 2.11. The number of hydrogen-bond acceptors (Lipinski definition) is 5. The van der Waals surface area contributed by atoms with Crippen molar-refractivity contribution < 1.29 is 14.2 Å². The van der Waals surface area contributed by atoms with Gasteiger partial charge >= 0.3 is 0 Å². The summed E-state index contributed by atoms with van der Waals surface area (Å²) in [5, 5.41) is 11.8. The van der Waals surface area contributed by atoms with Crippen LogP contribution in [0.1, 0.15) is 24.8 Å². The van der Waals surface area contributed by atoms with Gasteiger partial charge in [-0.1, -0.05) is 0 Å². The Morgan fingerprint density at radius 1 is 1.00 bits per heavy atom. The van der Waals surface area contributed by atoms with Crippen LogP contribution in [-0.4, -0.2) is 27.9 Å². The molecule has 0 aliphatic carbocycles. The number of methoxy groups -OCH3 is 3. The Hall–Kier alpha value is -1.93. The van der Waals surface area contributed by atoms with Crippen LogP contribution in [0.25, 0.3) is 0 Å². The second-order valence-corrected chi connectivity index (χ2v) is 4.31. The predicted molar refractivity (Wildman–Crippen MR) is 77.3 cm³/mol. The maximum atomic E-state index is 8.46. The number of nitrogens with one attached hydrogen (secondary N) is 1. The van der Waals surface area contributed by atoms with Crippen molar-refractivity contribution in [1.29, 1.82) is 5.26 Å². The average Bonchev–Trinajstić information content (AvgIpc) is 2.49. The van der Waals surface area contributed by atoms with Gasteiger partial charge in [0, 0.05) is 24.6 Å². The molecule has 110 valence electrons. The van der Waals surface area contributed by atoms with Gasteiger partial charge in [-0.2, -0.15) is 5.26 Å². The lowest BCUT2D eigenvalue weighted by Gasteiger charge is -2.14. The monoisotopic (exact) mass is 278 g/mol. The van der Waals surface area contributed by atoms with Gasteiger partial charge in [-0.05, 0) is 25.5 Å². The van der Waals surface area contributed by atoms with Crippen molar-refractivity contribution in [3.8, 4) is 23.3 Å². The number of benzene rings is 1. The van der Waals surface area contributed by atoms with Gasteiger partial charge in [-0.15, -0.1) is 0 Å². The molecule has 0 saturated heterocycles. The summed E-state index contributed by atoms with van der Waals surface area (Å²) in [6, 6.07) is 5.89. The highest BCUT2D eigenvalue weighted by atomic mass is 16.5. The van der Waals surface area contributed by atoms with Crippen molar-refractivity contribution in [3.05, 3.63) is 17.7 Å². The Balaban J connectivity index is 2.62. The van der Waals surface area contributed by atoms with Gasteiger partial charge in [0.1, 0.15) is 5.75 Å². The van der Waals surface area contributed by atoms with E-state index >= 15 is 0 Å². The van der Waals surface area contributed by atoms with Gasteiger partial charge in [-0.25, -0.2) is 0 Å². The van der Waals surface area contributed by atoms with Gasteiger partial charge in [0.05, 0.1) is 27.4 Å². The highest BCUT2D eigenvalue weighted by Gasteiger charge is 2.11. The van der Waals surface area contributed by atoms with Crippen LogP contribution >= 0.6 is 0 Å². The highest BCUT2D eigenvalue weighted by Crippen LogP contribution is 2.34. The summed E-state index contributed by atoms with van der Waals surface area (Å²) in [7, 11) is 4.85. The molecule has 0 fully saturated rings. The average molecular weight is 278 g/mol. The summed E-state index contributed by atoms with van der Waals surface area (Å²) in [6.07, 6.45) is 2.52. The first-order valence-corrected chi connectivity index (χ1v) is 6.63. The lowest BCUT2D eigenvalue weighted by atomic mass is 10.1. The molecule has 1 aromatic carbocycles. The van der Waals surface area contributed by atoms with E-state index in [0.29, 0.717) is 24.5 Å². The molecule has 0 radical (unpaired) electrons. The molecule has 0 aromatic heterocycles. The molecule has 0 unspecified atom stereocenters. The molecule has 0 bridgehead atoms. The van der Waals surface area contributed by atoms with E-state index in [1.165, 1.54) is 0 Å². The second-order valence-electron chi connectivity index (χ2n) is 4.31. The SMILES string of the molecule is COc1cc(OC)c(OC)cc1CNCCCCC#N. The second kappa shape index (κ2) is 9.05. The summed E-state index contributed by atoms with van der Waals surface area (Å²) in [4.78, 5) is 0. The number of unbranched alkanes of at least 4 members (excludes halogenated alkanes) is 2. The molecule has 5 nitrogen and oxygen atoms in total. The first-order valence-electron chi connectivity index (χ1n) is 6.63. The third-order valence-electron chi connectivity index (χ3n) is 2.99. The van der Waals surface area contributed by atoms with Gasteiger partial charge in [0.2, 0.25) is 0 Å². The maximum Gasteiger partial charge on any atom is 0.164 e. The minimum Gasteiger partial charge on any atom is -0.496 e. The normalized spacial score (nSPS) is 9.90. The zero-order chi connectivity index (χ0) is 14.8. The quantitative estimate of drug-likeness (QED) is 0.703. The fourth-order valence-corrected chi connectivity index (χ4v) is 1.91. The van der Waals surface area contributed by atoms with Gasteiger partial charge < -0.3 is 19.5 Å². The molecule has 0 aliphatic heterocycles. The van der Waals surface area contributed by atoms with E-state index in [4.69, 9.17) is 19.5 Å². The molecule has 0 saturated carbocycles.